The van der Waals surface area contributed by atoms with Gasteiger partial charge in [-0.2, -0.15) is 5.10 Å². The number of hydrogen-bond donors (Lipinski definition) is 1. The second kappa shape index (κ2) is 6.13. The number of nitrogens with zero attached hydrogens (tertiary/aromatic N) is 1. The van der Waals surface area contributed by atoms with Crippen LogP contribution in [-0.2, 0) is 6.61 Å². The molecule has 1 N–H and O–H groups in total. The van der Waals surface area contributed by atoms with Crippen LogP contribution in [0.15, 0.2) is 60.8 Å². The molecule has 0 radical (unpaired) electrons. The molecule has 0 saturated heterocycles. The van der Waals surface area contributed by atoms with E-state index in [1.807, 2.05) is 54.6 Å². The van der Waals surface area contributed by atoms with Gasteiger partial charge in [-0.15, -0.1) is 0 Å². The largest absolute Gasteiger partial charge is 0.497 e. The van der Waals surface area contributed by atoms with Gasteiger partial charge in [0.15, 0.2) is 0 Å². The molecule has 1 heterocycles. The van der Waals surface area contributed by atoms with Crippen molar-refractivity contribution in [2.24, 2.45) is 0 Å². The Labute approximate surface area is 123 Å². The lowest BCUT2D eigenvalue weighted by Crippen LogP contribution is -1.96. The third kappa shape index (κ3) is 3.05. The van der Waals surface area contributed by atoms with Gasteiger partial charge < -0.3 is 9.47 Å². The number of benzene rings is 2. The molecule has 0 spiro atoms. The van der Waals surface area contributed by atoms with Gasteiger partial charge in [0, 0.05) is 0 Å². The maximum absolute atomic E-state index is 5.82. The van der Waals surface area contributed by atoms with E-state index in [0.717, 1.165) is 22.4 Å². The highest BCUT2D eigenvalue weighted by Gasteiger charge is 2.09. The van der Waals surface area contributed by atoms with Crippen LogP contribution >= 0.6 is 0 Å². The second-order valence-corrected chi connectivity index (χ2v) is 4.62. The summed E-state index contributed by atoms with van der Waals surface area (Å²) in [7, 11) is 1.65. The first-order valence-corrected chi connectivity index (χ1v) is 6.71. The van der Waals surface area contributed by atoms with E-state index < -0.39 is 0 Å². The maximum Gasteiger partial charge on any atom is 0.217 e. The molecule has 0 bridgehead atoms. The zero-order valence-corrected chi connectivity index (χ0v) is 11.7. The number of aromatic nitrogens is 2. The van der Waals surface area contributed by atoms with E-state index in [9.17, 15) is 0 Å². The van der Waals surface area contributed by atoms with Crippen molar-refractivity contribution in [1.29, 1.82) is 0 Å². The number of H-pyrrole nitrogens is 1. The first-order valence-electron chi connectivity index (χ1n) is 6.71. The summed E-state index contributed by atoms with van der Waals surface area (Å²) >= 11 is 0. The highest BCUT2D eigenvalue weighted by Crippen LogP contribution is 2.29. The lowest BCUT2D eigenvalue weighted by Gasteiger charge is -2.07. The standard InChI is InChI=1S/C17H16N2O2/c1-20-15-9-7-14(8-10-15)16-11-18-19-17(16)21-12-13-5-3-2-4-6-13/h2-11H,12H2,1H3,(H,18,19). The molecule has 4 heteroatoms. The molecular formula is C17H16N2O2. The predicted molar refractivity (Wildman–Crippen MR) is 81.3 cm³/mol. The monoisotopic (exact) mass is 280 g/mol. The first-order chi connectivity index (χ1) is 10.4. The van der Waals surface area contributed by atoms with Crippen molar-refractivity contribution in [3.05, 3.63) is 66.4 Å². The summed E-state index contributed by atoms with van der Waals surface area (Å²) in [6.07, 6.45) is 1.77. The molecule has 1 aromatic heterocycles. The Hall–Kier alpha value is -2.75. The van der Waals surface area contributed by atoms with Crippen molar-refractivity contribution in [1.82, 2.24) is 10.2 Å². The average Bonchev–Trinajstić information content (AvgIpc) is 3.02. The van der Waals surface area contributed by atoms with E-state index in [0.29, 0.717) is 12.5 Å². The minimum atomic E-state index is 0.506. The fraction of sp³-hybridized carbons (Fsp3) is 0.118. The lowest BCUT2D eigenvalue weighted by atomic mass is 10.1. The number of hydrogen-bond acceptors (Lipinski definition) is 3. The molecule has 0 saturated carbocycles. The van der Waals surface area contributed by atoms with Crippen LogP contribution < -0.4 is 9.47 Å². The molecule has 2 aromatic carbocycles. The van der Waals surface area contributed by atoms with Gasteiger partial charge in [-0.1, -0.05) is 42.5 Å². The summed E-state index contributed by atoms with van der Waals surface area (Å²) in [6.45, 7) is 0.506. The van der Waals surface area contributed by atoms with E-state index in [1.54, 1.807) is 13.3 Å². The molecule has 0 aliphatic heterocycles. The summed E-state index contributed by atoms with van der Waals surface area (Å²) < 4.78 is 11.0. The normalized spacial score (nSPS) is 10.3. The van der Waals surface area contributed by atoms with Gasteiger partial charge in [0.25, 0.3) is 0 Å². The zero-order chi connectivity index (χ0) is 14.5. The molecule has 3 aromatic rings. The van der Waals surface area contributed by atoms with Crippen molar-refractivity contribution in [3.63, 3.8) is 0 Å². The summed E-state index contributed by atoms with van der Waals surface area (Å²) in [5, 5.41) is 6.97. The molecule has 0 fully saturated rings. The summed E-state index contributed by atoms with van der Waals surface area (Å²) in [5.41, 5.74) is 3.09. The SMILES string of the molecule is COc1ccc(-c2cn[nH]c2OCc2ccccc2)cc1. The zero-order valence-electron chi connectivity index (χ0n) is 11.7. The van der Waals surface area contributed by atoms with Crippen LogP contribution in [0.3, 0.4) is 0 Å². The Balaban J connectivity index is 1.77. The Morgan fingerprint density at radius 3 is 2.48 bits per heavy atom. The van der Waals surface area contributed by atoms with Crippen molar-refractivity contribution >= 4 is 0 Å². The number of aromatic amines is 1. The Kier molecular flexibility index (Phi) is 3.87. The second-order valence-electron chi connectivity index (χ2n) is 4.62. The Morgan fingerprint density at radius 2 is 1.76 bits per heavy atom. The molecule has 106 valence electrons. The van der Waals surface area contributed by atoms with Crippen molar-refractivity contribution in [2.45, 2.75) is 6.61 Å². The van der Waals surface area contributed by atoms with Gasteiger partial charge >= 0.3 is 0 Å². The fourth-order valence-corrected chi connectivity index (χ4v) is 2.09. The average molecular weight is 280 g/mol. The Morgan fingerprint density at radius 1 is 1.00 bits per heavy atom. The molecule has 0 aliphatic carbocycles. The molecule has 3 rings (SSSR count). The quantitative estimate of drug-likeness (QED) is 0.775. The smallest absolute Gasteiger partial charge is 0.217 e. The summed E-state index contributed by atoms with van der Waals surface area (Å²) in [5.74, 6) is 1.50. The van der Waals surface area contributed by atoms with Crippen LogP contribution in [0.25, 0.3) is 11.1 Å². The molecule has 0 atom stereocenters. The number of ether oxygens (including phenoxy) is 2. The number of nitrogens with one attached hydrogen (secondary N) is 1. The summed E-state index contributed by atoms with van der Waals surface area (Å²) in [6, 6.07) is 17.9. The third-order valence-corrected chi connectivity index (χ3v) is 3.23. The first kappa shape index (κ1) is 13.2. The van der Waals surface area contributed by atoms with Crippen LogP contribution in [0, 0.1) is 0 Å². The van der Waals surface area contributed by atoms with Crippen molar-refractivity contribution in [2.75, 3.05) is 7.11 Å². The summed E-state index contributed by atoms with van der Waals surface area (Å²) in [4.78, 5) is 0. The third-order valence-electron chi connectivity index (χ3n) is 3.23. The van der Waals surface area contributed by atoms with Gasteiger partial charge in [-0.05, 0) is 23.3 Å². The van der Waals surface area contributed by atoms with Gasteiger partial charge in [-0.25, -0.2) is 5.10 Å². The lowest BCUT2D eigenvalue weighted by molar-refractivity contribution is 0.294. The molecule has 0 unspecified atom stereocenters. The van der Waals surface area contributed by atoms with E-state index in [2.05, 4.69) is 10.2 Å². The Bertz CT molecular complexity index is 690. The number of methoxy groups -OCH3 is 1. The molecule has 4 nitrogen and oxygen atoms in total. The van der Waals surface area contributed by atoms with Crippen LogP contribution in [-0.4, -0.2) is 17.3 Å². The minimum absolute atomic E-state index is 0.506. The van der Waals surface area contributed by atoms with E-state index in [1.165, 1.54) is 0 Å². The van der Waals surface area contributed by atoms with Crippen LogP contribution in [0.2, 0.25) is 0 Å². The van der Waals surface area contributed by atoms with E-state index >= 15 is 0 Å². The molecule has 0 amide bonds. The highest BCUT2D eigenvalue weighted by atomic mass is 16.5. The van der Waals surface area contributed by atoms with Crippen LogP contribution in [0.4, 0.5) is 0 Å². The molecule has 0 aliphatic rings. The predicted octanol–water partition coefficient (Wildman–Crippen LogP) is 3.66. The van der Waals surface area contributed by atoms with Crippen molar-refractivity contribution < 1.29 is 9.47 Å². The topological polar surface area (TPSA) is 47.1 Å². The fourth-order valence-electron chi connectivity index (χ4n) is 2.09. The van der Waals surface area contributed by atoms with Crippen molar-refractivity contribution in [3.8, 4) is 22.8 Å². The van der Waals surface area contributed by atoms with Gasteiger partial charge in [-0.3, -0.25) is 0 Å². The van der Waals surface area contributed by atoms with Gasteiger partial charge in [0.05, 0.1) is 18.9 Å². The maximum atomic E-state index is 5.82. The highest BCUT2D eigenvalue weighted by molar-refractivity contribution is 5.68. The van der Waals surface area contributed by atoms with Gasteiger partial charge in [0.2, 0.25) is 5.88 Å². The van der Waals surface area contributed by atoms with Gasteiger partial charge in [0.1, 0.15) is 12.4 Å². The molecule has 21 heavy (non-hydrogen) atoms. The number of rotatable bonds is 5. The minimum Gasteiger partial charge on any atom is -0.497 e. The van der Waals surface area contributed by atoms with Crippen LogP contribution in [0.5, 0.6) is 11.6 Å². The van der Waals surface area contributed by atoms with E-state index in [4.69, 9.17) is 9.47 Å². The van der Waals surface area contributed by atoms with E-state index in [-0.39, 0.29) is 0 Å². The molecular weight excluding hydrogens is 264 g/mol. The van der Waals surface area contributed by atoms with Crippen LogP contribution in [0.1, 0.15) is 5.56 Å².